The molecule has 2 aromatic rings. The summed E-state index contributed by atoms with van der Waals surface area (Å²) in [4.78, 5) is 17.8. The molecule has 0 atom stereocenters. The third-order valence-corrected chi connectivity index (χ3v) is 2.07. The van der Waals surface area contributed by atoms with E-state index in [1.54, 1.807) is 12.1 Å². The van der Waals surface area contributed by atoms with E-state index in [1.165, 1.54) is 0 Å². The van der Waals surface area contributed by atoms with Gasteiger partial charge in [-0.25, -0.2) is 9.78 Å². The normalized spacial score (nSPS) is 9.95. The first-order valence-electron chi connectivity index (χ1n) is 5.34. The molecule has 7 heteroatoms. The first-order chi connectivity index (χ1) is 9.15. The van der Waals surface area contributed by atoms with Crippen molar-refractivity contribution in [2.24, 2.45) is 0 Å². The van der Waals surface area contributed by atoms with Crippen molar-refractivity contribution >= 4 is 17.6 Å². The molecule has 1 heterocycles. The van der Waals surface area contributed by atoms with Gasteiger partial charge in [-0.15, -0.1) is 0 Å². The minimum atomic E-state index is -1.21. The van der Waals surface area contributed by atoms with Gasteiger partial charge >= 0.3 is 5.97 Å². The Kier molecular flexibility index (Phi) is 3.87. The molecule has 0 saturated heterocycles. The molecule has 0 aliphatic rings. The van der Waals surface area contributed by atoms with Gasteiger partial charge in [0.25, 0.3) is 5.88 Å². The van der Waals surface area contributed by atoms with E-state index in [9.17, 15) is 9.18 Å². The molecule has 98 valence electrons. The van der Waals surface area contributed by atoms with E-state index in [1.807, 2.05) is 18.2 Å². The topological polar surface area (TPSA) is 84.3 Å². The number of carboxylic acids is 1. The van der Waals surface area contributed by atoms with E-state index < -0.39 is 24.3 Å². The predicted octanol–water partition coefficient (Wildman–Crippen LogP) is 1.82. The highest BCUT2D eigenvalue weighted by Gasteiger charge is 2.10. The largest absolute Gasteiger partial charge is 0.479 e. The van der Waals surface area contributed by atoms with Gasteiger partial charge in [0, 0.05) is 5.69 Å². The zero-order valence-electron chi connectivity index (χ0n) is 9.71. The summed E-state index contributed by atoms with van der Waals surface area (Å²) in [5.41, 5.74) is 0.721. The quantitative estimate of drug-likeness (QED) is 0.856. The van der Waals surface area contributed by atoms with Crippen LogP contribution in [0.2, 0.25) is 0 Å². The summed E-state index contributed by atoms with van der Waals surface area (Å²) in [6.07, 6.45) is 0.912. The lowest BCUT2D eigenvalue weighted by Crippen LogP contribution is -2.12. The Morgan fingerprint density at radius 2 is 2.11 bits per heavy atom. The van der Waals surface area contributed by atoms with Crippen LogP contribution in [0.4, 0.5) is 16.0 Å². The van der Waals surface area contributed by atoms with Crippen LogP contribution in [0.25, 0.3) is 0 Å². The van der Waals surface area contributed by atoms with Gasteiger partial charge in [0.1, 0.15) is 0 Å². The monoisotopic (exact) mass is 263 g/mol. The highest BCUT2D eigenvalue weighted by Crippen LogP contribution is 2.17. The highest BCUT2D eigenvalue weighted by atomic mass is 19.1. The van der Waals surface area contributed by atoms with Crippen molar-refractivity contribution in [3.63, 3.8) is 0 Å². The van der Waals surface area contributed by atoms with Crippen LogP contribution in [-0.4, -0.2) is 27.7 Å². The highest BCUT2D eigenvalue weighted by molar-refractivity contribution is 5.68. The van der Waals surface area contributed by atoms with Gasteiger partial charge in [-0.1, -0.05) is 18.2 Å². The number of aromatic nitrogens is 2. The summed E-state index contributed by atoms with van der Waals surface area (Å²) in [5.74, 6) is -2.32. The number of anilines is 2. The first kappa shape index (κ1) is 12.7. The number of ether oxygens (including phenoxy) is 1. The summed E-state index contributed by atoms with van der Waals surface area (Å²) < 4.78 is 18.0. The van der Waals surface area contributed by atoms with Gasteiger partial charge in [0.15, 0.2) is 6.61 Å². The van der Waals surface area contributed by atoms with E-state index in [0.717, 1.165) is 11.9 Å². The number of hydrogen-bond donors (Lipinski definition) is 2. The number of hydrogen-bond acceptors (Lipinski definition) is 5. The molecule has 0 fully saturated rings. The minimum Gasteiger partial charge on any atom is -0.479 e. The second-order valence-electron chi connectivity index (χ2n) is 3.52. The second kappa shape index (κ2) is 5.76. The molecule has 2 rings (SSSR count). The third-order valence-electron chi connectivity index (χ3n) is 2.07. The maximum absolute atomic E-state index is 13.3. The van der Waals surface area contributed by atoms with Gasteiger partial charge < -0.3 is 15.2 Å². The molecule has 0 radical (unpaired) electrons. The second-order valence-corrected chi connectivity index (χ2v) is 3.52. The molecule has 0 bridgehead atoms. The van der Waals surface area contributed by atoms with Crippen LogP contribution in [0.5, 0.6) is 5.88 Å². The molecular weight excluding hydrogens is 253 g/mol. The summed E-state index contributed by atoms with van der Waals surface area (Å²) >= 11 is 0. The summed E-state index contributed by atoms with van der Waals surface area (Å²) in [5, 5.41) is 11.3. The number of benzene rings is 1. The van der Waals surface area contributed by atoms with Gasteiger partial charge in [-0.3, -0.25) is 0 Å². The Labute approximate surface area is 107 Å². The van der Waals surface area contributed by atoms with Crippen LogP contribution in [0.1, 0.15) is 0 Å². The standard InChI is InChI=1S/C12H10FN3O3/c13-9-6-14-12(15-8-4-2-1-3-5-8)16-11(9)19-7-10(17)18/h1-6H,7H2,(H,17,18)(H,14,15,16). The SMILES string of the molecule is O=C(O)COc1nc(Nc2ccccc2)ncc1F. The minimum absolute atomic E-state index is 0.119. The Morgan fingerprint density at radius 3 is 2.79 bits per heavy atom. The lowest BCUT2D eigenvalue weighted by Gasteiger charge is -2.07. The number of rotatable bonds is 5. The van der Waals surface area contributed by atoms with Crippen LogP contribution in [0, 0.1) is 5.82 Å². The number of para-hydroxylation sites is 1. The van der Waals surface area contributed by atoms with Crippen molar-refractivity contribution in [2.75, 3.05) is 11.9 Å². The van der Waals surface area contributed by atoms with E-state index in [4.69, 9.17) is 9.84 Å². The Hall–Kier alpha value is -2.70. The van der Waals surface area contributed by atoms with Crippen molar-refractivity contribution in [3.8, 4) is 5.88 Å². The number of aliphatic carboxylic acids is 1. The average Bonchev–Trinajstić information content (AvgIpc) is 2.40. The molecule has 0 spiro atoms. The molecule has 0 aliphatic heterocycles. The van der Waals surface area contributed by atoms with Gasteiger partial charge in [0.05, 0.1) is 6.20 Å². The van der Waals surface area contributed by atoms with Crippen molar-refractivity contribution in [1.82, 2.24) is 9.97 Å². The average molecular weight is 263 g/mol. The van der Waals surface area contributed by atoms with E-state index in [2.05, 4.69) is 15.3 Å². The van der Waals surface area contributed by atoms with Crippen molar-refractivity contribution < 1.29 is 19.0 Å². The lowest BCUT2D eigenvalue weighted by atomic mass is 10.3. The van der Waals surface area contributed by atoms with Crippen LogP contribution in [0.15, 0.2) is 36.5 Å². The van der Waals surface area contributed by atoms with Crippen molar-refractivity contribution in [1.29, 1.82) is 0 Å². The van der Waals surface area contributed by atoms with E-state index in [0.29, 0.717) is 0 Å². The molecule has 1 aromatic heterocycles. The third kappa shape index (κ3) is 3.63. The van der Waals surface area contributed by atoms with Crippen LogP contribution < -0.4 is 10.1 Å². The summed E-state index contributed by atoms with van der Waals surface area (Å²) in [7, 11) is 0. The maximum Gasteiger partial charge on any atom is 0.341 e. The Balaban J connectivity index is 2.14. The summed E-state index contributed by atoms with van der Waals surface area (Å²) in [6, 6.07) is 9.04. The number of halogens is 1. The number of nitrogens with zero attached hydrogens (tertiary/aromatic N) is 2. The molecule has 0 aliphatic carbocycles. The smallest absolute Gasteiger partial charge is 0.341 e. The molecule has 2 N–H and O–H groups in total. The van der Waals surface area contributed by atoms with E-state index >= 15 is 0 Å². The summed E-state index contributed by atoms with van der Waals surface area (Å²) in [6.45, 7) is -0.668. The fraction of sp³-hybridized carbons (Fsp3) is 0.0833. The zero-order valence-corrected chi connectivity index (χ0v) is 9.71. The van der Waals surface area contributed by atoms with Crippen LogP contribution >= 0.6 is 0 Å². The molecule has 19 heavy (non-hydrogen) atoms. The van der Waals surface area contributed by atoms with Gasteiger partial charge in [-0.2, -0.15) is 9.37 Å². The number of carbonyl (C=O) groups is 1. The fourth-order valence-corrected chi connectivity index (χ4v) is 1.29. The van der Waals surface area contributed by atoms with Crippen molar-refractivity contribution in [2.45, 2.75) is 0 Å². The predicted molar refractivity (Wildman–Crippen MR) is 64.8 cm³/mol. The molecule has 6 nitrogen and oxygen atoms in total. The van der Waals surface area contributed by atoms with Crippen LogP contribution in [0.3, 0.4) is 0 Å². The molecule has 1 aromatic carbocycles. The Bertz CT molecular complexity index is 578. The zero-order chi connectivity index (χ0) is 13.7. The van der Waals surface area contributed by atoms with Crippen molar-refractivity contribution in [3.05, 3.63) is 42.3 Å². The van der Waals surface area contributed by atoms with Gasteiger partial charge in [-0.05, 0) is 12.1 Å². The van der Waals surface area contributed by atoms with E-state index in [-0.39, 0.29) is 5.95 Å². The van der Waals surface area contributed by atoms with Gasteiger partial charge in [0.2, 0.25) is 11.8 Å². The lowest BCUT2D eigenvalue weighted by molar-refractivity contribution is -0.139. The molecule has 0 amide bonds. The molecule has 0 unspecified atom stereocenters. The van der Waals surface area contributed by atoms with Crippen LogP contribution in [-0.2, 0) is 4.79 Å². The fourth-order valence-electron chi connectivity index (χ4n) is 1.29. The molecule has 0 saturated carbocycles. The Morgan fingerprint density at radius 1 is 1.37 bits per heavy atom. The first-order valence-corrected chi connectivity index (χ1v) is 5.34. The maximum atomic E-state index is 13.3. The number of nitrogens with one attached hydrogen (secondary N) is 1. The molecular formula is C12H10FN3O3. The number of carboxylic acid groups (broad SMARTS) is 1.